The van der Waals surface area contributed by atoms with Crippen molar-refractivity contribution in [3.63, 3.8) is 0 Å². The highest BCUT2D eigenvalue weighted by atomic mass is 19.4. The molecule has 0 spiro atoms. The highest BCUT2D eigenvalue weighted by Gasteiger charge is 2.31. The molecule has 1 aromatic rings. The Morgan fingerprint density at radius 2 is 1.71 bits per heavy atom. The van der Waals surface area contributed by atoms with E-state index in [2.05, 4.69) is 10.6 Å². The summed E-state index contributed by atoms with van der Waals surface area (Å²) in [5.41, 5.74) is -1.33. The van der Waals surface area contributed by atoms with Crippen LogP contribution in [0.5, 0.6) is 0 Å². The molecule has 0 aliphatic rings. The Morgan fingerprint density at radius 3 is 2.29 bits per heavy atom. The van der Waals surface area contributed by atoms with E-state index in [-0.39, 0.29) is 17.9 Å². The average molecular weight is 404 g/mol. The van der Waals surface area contributed by atoms with Gasteiger partial charge >= 0.3 is 18.2 Å². The molecule has 0 bridgehead atoms. The smallest absolute Gasteiger partial charge is 0.416 e. The van der Waals surface area contributed by atoms with Gasteiger partial charge in [0.2, 0.25) is 0 Å². The summed E-state index contributed by atoms with van der Waals surface area (Å²) in [6.07, 6.45) is -3.89. The molecule has 1 amide bonds. The van der Waals surface area contributed by atoms with Crippen LogP contribution in [0.2, 0.25) is 0 Å². The summed E-state index contributed by atoms with van der Waals surface area (Å²) in [7, 11) is 0. The molecule has 0 aliphatic carbocycles. The fourth-order valence-electron chi connectivity index (χ4n) is 2.23. The molecule has 158 valence electrons. The first-order valence-corrected chi connectivity index (χ1v) is 9.03. The molecular formula is C19H27F3N2O4. The number of anilines is 1. The summed E-state index contributed by atoms with van der Waals surface area (Å²) in [6.45, 7) is 7.70. The predicted molar refractivity (Wildman–Crippen MR) is 99.4 cm³/mol. The third-order valence-corrected chi connectivity index (χ3v) is 3.43. The van der Waals surface area contributed by atoms with Crippen molar-refractivity contribution in [2.45, 2.75) is 52.3 Å². The van der Waals surface area contributed by atoms with E-state index in [4.69, 9.17) is 9.47 Å². The van der Waals surface area contributed by atoms with Crippen LogP contribution in [0.3, 0.4) is 0 Å². The summed E-state index contributed by atoms with van der Waals surface area (Å²) in [5.74, 6) is -0.690. The molecule has 0 fully saturated rings. The molecule has 0 saturated carbocycles. The number of amides is 1. The van der Waals surface area contributed by atoms with Crippen LogP contribution in [0.15, 0.2) is 18.2 Å². The van der Waals surface area contributed by atoms with Crippen molar-refractivity contribution in [3.8, 4) is 0 Å². The Balaban J connectivity index is 2.59. The Morgan fingerprint density at radius 1 is 1.07 bits per heavy atom. The van der Waals surface area contributed by atoms with Crippen LogP contribution in [0.1, 0.15) is 56.5 Å². The molecule has 0 heterocycles. The molecule has 1 aromatic carbocycles. The largest absolute Gasteiger partial charge is 0.462 e. The monoisotopic (exact) mass is 404 g/mol. The summed E-state index contributed by atoms with van der Waals surface area (Å²) in [6, 6.07) is 2.85. The summed E-state index contributed by atoms with van der Waals surface area (Å²) < 4.78 is 48.8. The summed E-state index contributed by atoms with van der Waals surface area (Å²) in [5, 5.41) is 5.45. The van der Waals surface area contributed by atoms with Crippen molar-refractivity contribution in [3.05, 3.63) is 29.3 Å². The van der Waals surface area contributed by atoms with E-state index in [1.54, 1.807) is 27.7 Å². The van der Waals surface area contributed by atoms with Gasteiger partial charge in [0.05, 0.1) is 17.7 Å². The zero-order valence-electron chi connectivity index (χ0n) is 16.5. The number of carbonyl (C=O) groups is 2. The van der Waals surface area contributed by atoms with E-state index in [0.717, 1.165) is 18.2 Å². The fraction of sp³-hybridized carbons (Fsp3) is 0.579. The van der Waals surface area contributed by atoms with Crippen LogP contribution in [-0.4, -0.2) is 37.4 Å². The van der Waals surface area contributed by atoms with Gasteiger partial charge in [-0.2, -0.15) is 13.2 Å². The maximum absolute atomic E-state index is 12.9. The molecule has 0 aliphatic heterocycles. The molecule has 0 unspecified atom stereocenters. The molecule has 2 N–H and O–H groups in total. The number of hydrogen-bond donors (Lipinski definition) is 2. The zero-order chi connectivity index (χ0) is 21.4. The molecule has 28 heavy (non-hydrogen) atoms. The Labute approximate surface area is 162 Å². The average Bonchev–Trinajstić information content (AvgIpc) is 2.55. The number of hydrogen-bond acceptors (Lipinski definition) is 5. The first kappa shape index (κ1) is 23.6. The lowest BCUT2D eigenvalue weighted by atomic mass is 10.1. The third kappa shape index (κ3) is 8.49. The second kappa shape index (κ2) is 10.2. The van der Waals surface area contributed by atoms with Crippen LogP contribution < -0.4 is 10.6 Å². The minimum Gasteiger partial charge on any atom is -0.462 e. The minimum absolute atomic E-state index is 0.0433. The summed E-state index contributed by atoms with van der Waals surface area (Å²) in [4.78, 5) is 23.5. The quantitative estimate of drug-likeness (QED) is 0.489. The SMILES string of the molecule is CCOC(=O)c1ccc(C(F)(F)F)cc1NCCCCNC(=O)OC(C)(C)C. The van der Waals surface area contributed by atoms with E-state index >= 15 is 0 Å². The molecule has 0 atom stereocenters. The van der Waals surface area contributed by atoms with Gasteiger partial charge in [-0.15, -0.1) is 0 Å². The number of benzene rings is 1. The number of esters is 1. The van der Waals surface area contributed by atoms with E-state index < -0.39 is 29.4 Å². The first-order chi connectivity index (χ1) is 12.9. The van der Waals surface area contributed by atoms with Crippen molar-refractivity contribution in [2.24, 2.45) is 0 Å². The van der Waals surface area contributed by atoms with Gasteiger partial charge in [-0.1, -0.05) is 0 Å². The van der Waals surface area contributed by atoms with Crippen LogP contribution in [0, 0.1) is 0 Å². The maximum Gasteiger partial charge on any atom is 0.416 e. The molecule has 9 heteroatoms. The second-order valence-electron chi connectivity index (χ2n) is 7.04. The number of nitrogens with one attached hydrogen (secondary N) is 2. The third-order valence-electron chi connectivity index (χ3n) is 3.43. The Bertz CT molecular complexity index is 670. The molecule has 0 radical (unpaired) electrons. The summed E-state index contributed by atoms with van der Waals surface area (Å²) >= 11 is 0. The fourth-order valence-corrected chi connectivity index (χ4v) is 2.23. The van der Waals surface area contributed by atoms with Gasteiger partial charge in [-0.25, -0.2) is 9.59 Å². The maximum atomic E-state index is 12.9. The number of ether oxygens (including phenoxy) is 2. The van der Waals surface area contributed by atoms with E-state index in [0.29, 0.717) is 25.9 Å². The predicted octanol–water partition coefficient (Wildman–Crippen LogP) is 4.60. The highest BCUT2D eigenvalue weighted by Crippen LogP contribution is 2.32. The number of alkyl halides is 3. The number of halogens is 3. The van der Waals surface area contributed by atoms with Crippen molar-refractivity contribution in [1.82, 2.24) is 5.32 Å². The number of unbranched alkanes of at least 4 members (excludes halogenated alkanes) is 1. The lowest BCUT2D eigenvalue weighted by Crippen LogP contribution is -2.33. The number of carbonyl (C=O) groups excluding carboxylic acids is 2. The van der Waals surface area contributed by atoms with Crippen molar-refractivity contribution < 1.29 is 32.2 Å². The van der Waals surface area contributed by atoms with Crippen molar-refractivity contribution in [1.29, 1.82) is 0 Å². The first-order valence-electron chi connectivity index (χ1n) is 9.03. The van der Waals surface area contributed by atoms with Gasteiger partial charge in [0.15, 0.2) is 0 Å². The lowest BCUT2D eigenvalue weighted by molar-refractivity contribution is -0.137. The van der Waals surface area contributed by atoms with Gasteiger partial charge in [-0.05, 0) is 58.7 Å². The zero-order valence-corrected chi connectivity index (χ0v) is 16.5. The van der Waals surface area contributed by atoms with E-state index in [1.807, 2.05) is 0 Å². The Kier molecular flexibility index (Phi) is 8.59. The molecule has 1 rings (SSSR count). The van der Waals surface area contributed by atoms with Gasteiger partial charge < -0.3 is 20.1 Å². The topological polar surface area (TPSA) is 76.7 Å². The molecule has 6 nitrogen and oxygen atoms in total. The second-order valence-corrected chi connectivity index (χ2v) is 7.04. The van der Waals surface area contributed by atoms with Crippen LogP contribution in [-0.2, 0) is 15.7 Å². The van der Waals surface area contributed by atoms with Crippen molar-refractivity contribution in [2.75, 3.05) is 25.0 Å². The highest BCUT2D eigenvalue weighted by molar-refractivity contribution is 5.95. The molecule has 0 saturated heterocycles. The number of alkyl carbamates (subject to hydrolysis) is 1. The van der Waals surface area contributed by atoms with E-state index in [9.17, 15) is 22.8 Å². The van der Waals surface area contributed by atoms with Gasteiger partial charge in [-0.3, -0.25) is 0 Å². The van der Waals surface area contributed by atoms with Crippen molar-refractivity contribution >= 4 is 17.7 Å². The standard InChI is InChI=1S/C19H27F3N2O4/c1-5-27-16(25)14-9-8-13(19(20,21)22)12-15(14)23-10-6-7-11-24-17(26)28-18(2,3)4/h8-9,12,23H,5-7,10-11H2,1-4H3,(H,24,26). The van der Waals surface area contributed by atoms with Gasteiger partial charge in [0, 0.05) is 18.8 Å². The van der Waals surface area contributed by atoms with Gasteiger partial charge in [0.1, 0.15) is 5.60 Å². The van der Waals surface area contributed by atoms with Gasteiger partial charge in [0.25, 0.3) is 0 Å². The number of rotatable bonds is 8. The molecule has 0 aromatic heterocycles. The lowest BCUT2D eigenvalue weighted by Gasteiger charge is -2.19. The molecular weight excluding hydrogens is 377 g/mol. The van der Waals surface area contributed by atoms with Crippen LogP contribution in [0.4, 0.5) is 23.7 Å². The minimum atomic E-state index is -4.51. The van der Waals surface area contributed by atoms with Crippen LogP contribution in [0.25, 0.3) is 0 Å². The van der Waals surface area contributed by atoms with Crippen LogP contribution >= 0.6 is 0 Å². The normalized spacial score (nSPS) is 11.7. The van der Waals surface area contributed by atoms with E-state index in [1.165, 1.54) is 0 Å². The Hall–Kier alpha value is -2.45.